The zero-order valence-electron chi connectivity index (χ0n) is 10.4. The van der Waals surface area contributed by atoms with Crippen molar-refractivity contribution < 1.29 is 9.47 Å². The summed E-state index contributed by atoms with van der Waals surface area (Å²) < 4.78 is 10.9. The van der Waals surface area contributed by atoms with Gasteiger partial charge in [0.15, 0.2) is 6.29 Å². The van der Waals surface area contributed by atoms with E-state index >= 15 is 0 Å². The monoisotopic (exact) mass is 240 g/mol. The van der Waals surface area contributed by atoms with Gasteiger partial charge in [0.25, 0.3) is 0 Å². The number of benzene rings is 1. The van der Waals surface area contributed by atoms with Crippen molar-refractivity contribution in [3.63, 3.8) is 0 Å². The van der Waals surface area contributed by atoms with Gasteiger partial charge >= 0.3 is 0 Å². The molecule has 16 heavy (non-hydrogen) atoms. The highest BCUT2D eigenvalue weighted by Crippen LogP contribution is 2.25. The van der Waals surface area contributed by atoms with Gasteiger partial charge in [0.2, 0.25) is 0 Å². The van der Waals surface area contributed by atoms with Crippen LogP contribution in [0.2, 0.25) is 0 Å². The van der Waals surface area contributed by atoms with E-state index in [0.29, 0.717) is 11.9 Å². The number of rotatable bonds is 6. The highest BCUT2D eigenvalue weighted by Gasteiger charge is 2.03. The smallest absolute Gasteiger partial charge is 0.196 e. The summed E-state index contributed by atoms with van der Waals surface area (Å²) in [5, 5.41) is 0.606. The van der Waals surface area contributed by atoms with Gasteiger partial charge in [-0.2, -0.15) is 0 Å². The van der Waals surface area contributed by atoms with Crippen LogP contribution in [0.1, 0.15) is 27.7 Å². The summed E-state index contributed by atoms with van der Waals surface area (Å²) in [6, 6.07) is 8.14. The van der Waals surface area contributed by atoms with Gasteiger partial charge in [0.1, 0.15) is 5.75 Å². The van der Waals surface area contributed by atoms with E-state index in [1.54, 1.807) is 0 Å². The van der Waals surface area contributed by atoms with E-state index in [1.165, 1.54) is 4.90 Å². The van der Waals surface area contributed by atoms with Crippen LogP contribution in [0, 0.1) is 0 Å². The minimum Gasteiger partial charge on any atom is -0.465 e. The first kappa shape index (κ1) is 13.4. The molecule has 0 amide bonds. The first-order chi connectivity index (χ1) is 7.61. The minimum atomic E-state index is -0.186. The van der Waals surface area contributed by atoms with Crippen molar-refractivity contribution in [3.8, 4) is 5.75 Å². The summed E-state index contributed by atoms with van der Waals surface area (Å²) >= 11 is 1.85. The van der Waals surface area contributed by atoms with E-state index in [1.807, 2.05) is 37.7 Å². The van der Waals surface area contributed by atoms with Crippen molar-refractivity contribution in [2.75, 3.05) is 6.61 Å². The van der Waals surface area contributed by atoms with E-state index in [0.717, 1.165) is 5.75 Å². The van der Waals surface area contributed by atoms with Crippen LogP contribution in [0.3, 0.4) is 0 Å². The predicted molar refractivity (Wildman–Crippen MR) is 69.2 cm³/mol. The van der Waals surface area contributed by atoms with Crippen LogP contribution in [0.15, 0.2) is 29.2 Å². The third kappa shape index (κ3) is 4.90. The second kappa shape index (κ2) is 6.81. The Hall–Kier alpha value is -0.670. The Labute approximate surface area is 102 Å². The molecule has 1 aromatic rings. The number of thioether (sulfide) groups is 1. The standard InChI is InChI=1S/C13H20O2S/c1-5-14-11(4)15-12-6-8-13(9-7-12)16-10(2)3/h6-11H,5H2,1-4H3. The fraction of sp³-hybridized carbons (Fsp3) is 0.538. The van der Waals surface area contributed by atoms with E-state index in [-0.39, 0.29) is 6.29 Å². The molecule has 0 aliphatic heterocycles. The van der Waals surface area contributed by atoms with Crippen LogP contribution >= 0.6 is 11.8 Å². The summed E-state index contributed by atoms with van der Waals surface area (Å²) in [6.07, 6.45) is -0.186. The first-order valence-electron chi connectivity index (χ1n) is 5.66. The molecular weight excluding hydrogens is 220 g/mol. The van der Waals surface area contributed by atoms with Crippen molar-refractivity contribution >= 4 is 11.8 Å². The first-order valence-corrected chi connectivity index (χ1v) is 6.54. The zero-order valence-corrected chi connectivity index (χ0v) is 11.2. The lowest BCUT2D eigenvalue weighted by Crippen LogP contribution is -2.15. The lowest BCUT2D eigenvalue weighted by Gasteiger charge is -2.14. The molecule has 0 spiro atoms. The summed E-state index contributed by atoms with van der Waals surface area (Å²) in [4.78, 5) is 1.27. The van der Waals surface area contributed by atoms with Gasteiger partial charge in [-0.05, 0) is 38.1 Å². The van der Waals surface area contributed by atoms with Crippen LogP contribution in [0.4, 0.5) is 0 Å². The Morgan fingerprint density at radius 3 is 2.25 bits per heavy atom. The summed E-state index contributed by atoms with van der Waals surface area (Å²) in [5.74, 6) is 0.856. The van der Waals surface area contributed by atoms with Crippen LogP contribution in [0.25, 0.3) is 0 Å². The molecule has 0 saturated carbocycles. The van der Waals surface area contributed by atoms with Crippen molar-refractivity contribution in [1.82, 2.24) is 0 Å². The molecule has 1 rings (SSSR count). The third-order valence-electron chi connectivity index (χ3n) is 1.90. The maximum absolute atomic E-state index is 5.58. The lowest BCUT2D eigenvalue weighted by molar-refractivity contribution is -0.0613. The average molecular weight is 240 g/mol. The Morgan fingerprint density at radius 2 is 1.75 bits per heavy atom. The quantitative estimate of drug-likeness (QED) is 0.554. The van der Waals surface area contributed by atoms with Crippen molar-refractivity contribution in [2.24, 2.45) is 0 Å². The molecule has 0 N–H and O–H groups in total. The maximum Gasteiger partial charge on any atom is 0.196 e. The molecule has 0 bridgehead atoms. The van der Waals surface area contributed by atoms with Gasteiger partial charge in [-0.3, -0.25) is 0 Å². The summed E-state index contributed by atoms with van der Waals surface area (Å²) in [5.41, 5.74) is 0. The van der Waals surface area contributed by atoms with Crippen molar-refractivity contribution in [2.45, 2.75) is 44.1 Å². The van der Waals surface area contributed by atoms with Gasteiger partial charge < -0.3 is 9.47 Å². The molecule has 1 aromatic carbocycles. The highest BCUT2D eigenvalue weighted by atomic mass is 32.2. The Morgan fingerprint density at radius 1 is 1.12 bits per heavy atom. The van der Waals surface area contributed by atoms with E-state index < -0.39 is 0 Å². The molecule has 0 aromatic heterocycles. The molecule has 0 saturated heterocycles. The van der Waals surface area contributed by atoms with Gasteiger partial charge in [0, 0.05) is 16.8 Å². The normalized spacial score (nSPS) is 12.8. The fourth-order valence-electron chi connectivity index (χ4n) is 1.33. The molecular formula is C13H20O2S. The zero-order chi connectivity index (χ0) is 12.0. The molecule has 0 aliphatic carbocycles. The second-order valence-corrected chi connectivity index (χ2v) is 5.43. The highest BCUT2D eigenvalue weighted by molar-refractivity contribution is 7.99. The molecule has 0 radical (unpaired) electrons. The van der Waals surface area contributed by atoms with Crippen LogP contribution in [0.5, 0.6) is 5.75 Å². The lowest BCUT2D eigenvalue weighted by atomic mass is 10.3. The van der Waals surface area contributed by atoms with Crippen LogP contribution in [-0.4, -0.2) is 18.1 Å². The van der Waals surface area contributed by atoms with Gasteiger partial charge in [-0.1, -0.05) is 13.8 Å². The Bertz CT molecular complexity index is 295. The van der Waals surface area contributed by atoms with Crippen LogP contribution in [-0.2, 0) is 4.74 Å². The van der Waals surface area contributed by atoms with Crippen molar-refractivity contribution in [1.29, 1.82) is 0 Å². The minimum absolute atomic E-state index is 0.186. The summed E-state index contributed by atoms with van der Waals surface area (Å²) in [7, 11) is 0. The van der Waals surface area contributed by atoms with Crippen LogP contribution < -0.4 is 4.74 Å². The summed E-state index contributed by atoms with van der Waals surface area (Å²) in [6.45, 7) is 8.91. The van der Waals surface area contributed by atoms with E-state index in [9.17, 15) is 0 Å². The SMILES string of the molecule is CCOC(C)Oc1ccc(SC(C)C)cc1. The van der Waals surface area contributed by atoms with Gasteiger partial charge in [0.05, 0.1) is 0 Å². The molecule has 0 heterocycles. The number of ether oxygens (including phenoxy) is 2. The molecule has 90 valence electrons. The average Bonchev–Trinajstić information content (AvgIpc) is 2.20. The van der Waals surface area contributed by atoms with E-state index in [2.05, 4.69) is 26.0 Å². The van der Waals surface area contributed by atoms with Crippen molar-refractivity contribution in [3.05, 3.63) is 24.3 Å². The molecule has 1 unspecified atom stereocenters. The topological polar surface area (TPSA) is 18.5 Å². The third-order valence-corrected chi connectivity index (χ3v) is 2.91. The number of hydrogen-bond donors (Lipinski definition) is 0. The van der Waals surface area contributed by atoms with Gasteiger partial charge in [-0.15, -0.1) is 11.8 Å². The largest absolute Gasteiger partial charge is 0.465 e. The Kier molecular flexibility index (Phi) is 5.71. The molecule has 2 nitrogen and oxygen atoms in total. The second-order valence-electron chi connectivity index (χ2n) is 3.78. The molecule has 0 aliphatic rings. The molecule has 1 atom stereocenters. The molecule has 3 heteroatoms. The van der Waals surface area contributed by atoms with Gasteiger partial charge in [-0.25, -0.2) is 0 Å². The Balaban J connectivity index is 2.50. The fourth-order valence-corrected chi connectivity index (χ4v) is 2.17. The predicted octanol–water partition coefficient (Wildman–Crippen LogP) is 3.95. The molecule has 0 fully saturated rings. The van der Waals surface area contributed by atoms with E-state index in [4.69, 9.17) is 9.47 Å². The number of hydrogen-bond acceptors (Lipinski definition) is 3. The maximum atomic E-state index is 5.58.